The van der Waals surface area contributed by atoms with Crippen LogP contribution in [0.4, 0.5) is 5.69 Å². The van der Waals surface area contributed by atoms with E-state index in [0.717, 1.165) is 21.7 Å². The average molecular weight is 508 g/mol. The van der Waals surface area contributed by atoms with Gasteiger partial charge in [-0.3, -0.25) is 13.9 Å². The van der Waals surface area contributed by atoms with Crippen molar-refractivity contribution in [1.29, 1.82) is 0 Å². The van der Waals surface area contributed by atoms with Gasteiger partial charge in [0, 0.05) is 18.1 Å². The highest BCUT2D eigenvalue weighted by Crippen LogP contribution is 2.25. The van der Waals surface area contributed by atoms with Crippen LogP contribution in [0.25, 0.3) is 0 Å². The Kier molecular flexibility index (Phi) is 9.94. The van der Waals surface area contributed by atoms with E-state index in [-0.39, 0.29) is 18.4 Å². The first-order chi connectivity index (χ1) is 15.9. The Hall–Kier alpha value is -2.58. The average Bonchev–Trinajstić information content (AvgIpc) is 2.77. The third-order valence-corrected chi connectivity index (χ3v) is 6.94. The molecule has 2 rings (SSSR count). The zero-order valence-corrected chi connectivity index (χ0v) is 22.0. The van der Waals surface area contributed by atoms with Gasteiger partial charge in [-0.2, -0.15) is 0 Å². The molecule has 7 nitrogen and oxygen atoms in total. The SMILES string of the molecule is CCC(C(=O)NCC(C)C)N(Cc1ccccc1)C(=O)CN(c1ccc(C)c(Cl)c1)S(C)(=O)=O. The van der Waals surface area contributed by atoms with E-state index in [9.17, 15) is 18.0 Å². The van der Waals surface area contributed by atoms with Crippen molar-refractivity contribution in [1.82, 2.24) is 10.2 Å². The Morgan fingerprint density at radius 1 is 1.09 bits per heavy atom. The lowest BCUT2D eigenvalue weighted by molar-refractivity contribution is -0.140. The second-order valence-electron chi connectivity index (χ2n) is 8.77. The molecular weight excluding hydrogens is 474 g/mol. The molecule has 0 saturated carbocycles. The Morgan fingerprint density at radius 3 is 2.26 bits per heavy atom. The van der Waals surface area contributed by atoms with Crippen LogP contribution < -0.4 is 9.62 Å². The molecule has 0 radical (unpaired) electrons. The van der Waals surface area contributed by atoms with Gasteiger partial charge in [-0.25, -0.2) is 8.42 Å². The molecule has 0 aromatic heterocycles. The summed E-state index contributed by atoms with van der Waals surface area (Å²) in [7, 11) is -3.80. The van der Waals surface area contributed by atoms with Gasteiger partial charge < -0.3 is 10.2 Å². The van der Waals surface area contributed by atoms with Gasteiger partial charge in [0.1, 0.15) is 12.6 Å². The molecule has 1 atom stereocenters. The zero-order chi connectivity index (χ0) is 25.5. The third kappa shape index (κ3) is 7.74. The molecule has 0 aliphatic carbocycles. The van der Waals surface area contributed by atoms with Crippen molar-refractivity contribution in [2.45, 2.75) is 46.7 Å². The van der Waals surface area contributed by atoms with Crippen molar-refractivity contribution in [3.05, 3.63) is 64.7 Å². The smallest absolute Gasteiger partial charge is 0.244 e. The first-order valence-corrected chi connectivity index (χ1v) is 13.5. The van der Waals surface area contributed by atoms with E-state index in [1.54, 1.807) is 12.1 Å². The van der Waals surface area contributed by atoms with Crippen LogP contribution >= 0.6 is 11.6 Å². The Balaban J connectivity index is 2.41. The minimum absolute atomic E-state index is 0.180. The summed E-state index contributed by atoms with van der Waals surface area (Å²) in [6.45, 7) is 7.85. The maximum Gasteiger partial charge on any atom is 0.244 e. The lowest BCUT2D eigenvalue weighted by Crippen LogP contribution is -2.52. The van der Waals surface area contributed by atoms with E-state index in [1.165, 1.54) is 11.0 Å². The van der Waals surface area contributed by atoms with Gasteiger partial charge in [-0.1, -0.05) is 68.8 Å². The van der Waals surface area contributed by atoms with Crippen LogP contribution in [0.1, 0.15) is 38.3 Å². The van der Waals surface area contributed by atoms with Gasteiger partial charge in [0.05, 0.1) is 11.9 Å². The van der Waals surface area contributed by atoms with Gasteiger partial charge in [0.2, 0.25) is 21.8 Å². The van der Waals surface area contributed by atoms with E-state index >= 15 is 0 Å². The number of nitrogens with zero attached hydrogens (tertiary/aromatic N) is 2. The summed E-state index contributed by atoms with van der Waals surface area (Å²) in [6, 6.07) is 13.4. The number of hydrogen-bond donors (Lipinski definition) is 1. The van der Waals surface area contributed by atoms with E-state index in [1.807, 2.05) is 58.0 Å². The molecule has 186 valence electrons. The molecule has 0 saturated heterocycles. The predicted molar refractivity (Wildman–Crippen MR) is 137 cm³/mol. The summed E-state index contributed by atoms with van der Waals surface area (Å²) in [5, 5.41) is 3.30. The maximum atomic E-state index is 13.6. The molecule has 2 amide bonds. The molecule has 0 aliphatic heterocycles. The molecular formula is C25H34ClN3O4S. The summed E-state index contributed by atoms with van der Waals surface area (Å²) in [4.78, 5) is 28.0. The molecule has 34 heavy (non-hydrogen) atoms. The highest BCUT2D eigenvalue weighted by atomic mass is 35.5. The van der Waals surface area contributed by atoms with E-state index < -0.39 is 28.5 Å². The fourth-order valence-corrected chi connectivity index (χ4v) is 4.49. The van der Waals surface area contributed by atoms with Crippen molar-refractivity contribution in [3.63, 3.8) is 0 Å². The summed E-state index contributed by atoms with van der Waals surface area (Å²) >= 11 is 6.22. The zero-order valence-electron chi connectivity index (χ0n) is 20.4. The van der Waals surface area contributed by atoms with E-state index in [0.29, 0.717) is 23.7 Å². The number of rotatable bonds is 11. The number of hydrogen-bond acceptors (Lipinski definition) is 4. The molecule has 0 spiro atoms. The van der Waals surface area contributed by atoms with Crippen LogP contribution in [0.2, 0.25) is 5.02 Å². The van der Waals surface area contributed by atoms with Crippen LogP contribution in [0.5, 0.6) is 0 Å². The minimum Gasteiger partial charge on any atom is -0.354 e. The lowest BCUT2D eigenvalue weighted by atomic mass is 10.1. The van der Waals surface area contributed by atoms with Gasteiger partial charge in [0.15, 0.2) is 0 Å². The van der Waals surface area contributed by atoms with Crippen LogP contribution in [-0.4, -0.2) is 50.5 Å². The number of anilines is 1. The Labute approximate surface area is 208 Å². The van der Waals surface area contributed by atoms with Crippen LogP contribution in [0, 0.1) is 12.8 Å². The largest absolute Gasteiger partial charge is 0.354 e. The third-order valence-electron chi connectivity index (χ3n) is 5.39. The van der Waals surface area contributed by atoms with Crippen molar-refractivity contribution < 1.29 is 18.0 Å². The Morgan fingerprint density at radius 2 is 1.74 bits per heavy atom. The molecule has 2 aromatic carbocycles. The number of aryl methyl sites for hydroxylation is 1. The maximum absolute atomic E-state index is 13.6. The summed E-state index contributed by atoms with van der Waals surface area (Å²) in [5.41, 5.74) is 1.93. The number of benzene rings is 2. The van der Waals surface area contributed by atoms with Gasteiger partial charge in [-0.05, 0) is 42.5 Å². The van der Waals surface area contributed by atoms with E-state index in [4.69, 9.17) is 11.6 Å². The van der Waals surface area contributed by atoms with Gasteiger partial charge in [0.25, 0.3) is 0 Å². The van der Waals surface area contributed by atoms with Gasteiger partial charge in [-0.15, -0.1) is 0 Å². The number of carbonyl (C=O) groups is 2. The number of halogens is 1. The molecule has 1 unspecified atom stereocenters. The quantitative estimate of drug-likeness (QED) is 0.498. The first kappa shape index (κ1) is 27.7. The highest BCUT2D eigenvalue weighted by Gasteiger charge is 2.31. The summed E-state index contributed by atoms with van der Waals surface area (Å²) in [6.07, 6.45) is 1.43. The number of amides is 2. The lowest BCUT2D eigenvalue weighted by Gasteiger charge is -2.33. The fraction of sp³-hybridized carbons (Fsp3) is 0.440. The molecule has 1 N–H and O–H groups in total. The highest BCUT2D eigenvalue weighted by molar-refractivity contribution is 7.92. The fourth-order valence-electron chi connectivity index (χ4n) is 3.47. The Bertz CT molecular complexity index is 1090. The first-order valence-electron chi connectivity index (χ1n) is 11.3. The van der Waals surface area contributed by atoms with Crippen LogP contribution in [0.15, 0.2) is 48.5 Å². The number of nitrogens with one attached hydrogen (secondary N) is 1. The van der Waals surface area contributed by atoms with E-state index in [2.05, 4.69) is 5.32 Å². The second kappa shape index (κ2) is 12.2. The second-order valence-corrected chi connectivity index (χ2v) is 11.1. The normalized spacial score (nSPS) is 12.3. The molecule has 0 fully saturated rings. The van der Waals surface area contributed by atoms with Crippen LogP contribution in [-0.2, 0) is 26.2 Å². The van der Waals surface area contributed by atoms with Crippen molar-refractivity contribution in [2.75, 3.05) is 23.7 Å². The minimum atomic E-state index is -3.80. The molecule has 0 bridgehead atoms. The molecule has 2 aromatic rings. The molecule has 9 heteroatoms. The van der Waals surface area contributed by atoms with Crippen molar-refractivity contribution in [3.8, 4) is 0 Å². The predicted octanol–water partition coefficient (Wildman–Crippen LogP) is 3.99. The molecule has 0 heterocycles. The van der Waals surface area contributed by atoms with Crippen molar-refractivity contribution in [2.24, 2.45) is 5.92 Å². The summed E-state index contributed by atoms with van der Waals surface area (Å²) in [5.74, 6) is -0.478. The summed E-state index contributed by atoms with van der Waals surface area (Å²) < 4.78 is 26.3. The standard InChI is InChI=1S/C25H34ClN3O4S/c1-6-23(25(31)27-15-18(2)3)28(16-20-10-8-7-9-11-20)24(30)17-29(34(5,32)33)21-13-12-19(4)22(26)14-21/h7-14,18,23H,6,15-17H2,1-5H3,(H,27,31). The molecule has 0 aliphatic rings. The topological polar surface area (TPSA) is 86.8 Å². The number of carbonyl (C=O) groups excluding carboxylic acids is 2. The number of sulfonamides is 1. The monoisotopic (exact) mass is 507 g/mol. The van der Waals surface area contributed by atoms with Crippen molar-refractivity contribution >= 4 is 39.1 Å². The van der Waals surface area contributed by atoms with Crippen LogP contribution in [0.3, 0.4) is 0 Å². The van der Waals surface area contributed by atoms with Gasteiger partial charge >= 0.3 is 0 Å².